The summed E-state index contributed by atoms with van der Waals surface area (Å²) < 4.78 is 1.98. The van der Waals surface area contributed by atoms with Gasteiger partial charge in [0.25, 0.3) is 0 Å². The van der Waals surface area contributed by atoms with E-state index in [1.54, 1.807) is 6.07 Å². The maximum atomic E-state index is 6.19. The first-order valence-electron chi connectivity index (χ1n) is 5.54. The Labute approximate surface area is 131 Å². The Morgan fingerprint density at radius 3 is 2.63 bits per heavy atom. The molecule has 0 aliphatic carbocycles. The second-order valence-electron chi connectivity index (χ2n) is 4.22. The summed E-state index contributed by atoms with van der Waals surface area (Å²) >= 11 is 12.1. The highest BCUT2D eigenvalue weighted by atomic mass is 79.9. The van der Waals surface area contributed by atoms with E-state index < -0.39 is 0 Å². The second kappa shape index (κ2) is 5.53. The van der Waals surface area contributed by atoms with Gasteiger partial charge in [0.1, 0.15) is 5.65 Å². The lowest BCUT2D eigenvalue weighted by atomic mass is 10.2. The molecule has 5 heteroatoms. The van der Waals surface area contributed by atoms with Gasteiger partial charge in [-0.1, -0.05) is 23.2 Å². The first-order chi connectivity index (χ1) is 8.63. The smallest absolute Gasteiger partial charge is 0.137 e. The van der Waals surface area contributed by atoms with Crippen LogP contribution >= 0.6 is 40.2 Å². The summed E-state index contributed by atoms with van der Waals surface area (Å²) in [6, 6.07) is 9.51. The number of pyridine rings is 1. The highest BCUT2D eigenvalue weighted by Gasteiger charge is 2.08. The molecule has 0 unspecified atom stereocenters. The van der Waals surface area contributed by atoms with E-state index in [2.05, 4.69) is 4.98 Å². The van der Waals surface area contributed by atoms with Crippen molar-refractivity contribution < 1.29 is 0 Å². The number of nitrogens with zero attached hydrogens (tertiary/aromatic N) is 2. The molecule has 2 aromatic heterocycles. The molecule has 0 amide bonds. The fourth-order valence-corrected chi connectivity index (χ4v) is 2.42. The van der Waals surface area contributed by atoms with Gasteiger partial charge in [-0.25, -0.2) is 4.98 Å². The van der Waals surface area contributed by atoms with Gasteiger partial charge < -0.3 is 4.40 Å². The van der Waals surface area contributed by atoms with Crippen LogP contribution < -0.4 is 0 Å². The van der Waals surface area contributed by atoms with E-state index in [0.717, 1.165) is 16.9 Å². The molecule has 0 fully saturated rings. The van der Waals surface area contributed by atoms with Crippen molar-refractivity contribution in [3.63, 3.8) is 0 Å². The maximum absolute atomic E-state index is 6.19. The van der Waals surface area contributed by atoms with Crippen molar-refractivity contribution in [3.05, 3.63) is 58.3 Å². The number of aromatic nitrogens is 2. The van der Waals surface area contributed by atoms with E-state index in [1.165, 1.54) is 5.56 Å². The van der Waals surface area contributed by atoms with Crippen molar-refractivity contribution in [2.45, 2.75) is 6.92 Å². The van der Waals surface area contributed by atoms with Crippen molar-refractivity contribution in [1.29, 1.82) is 0 Å². The monoisotopic (exact) mass is 356 g/mol. The molecule has 98 valence electrons. The van der Waals surface area contributed by atoms with E-state index in [0.29, 0.717) is 10.0 Å². The zero-order valence-corrected chi connectivity index (χ0v) is 13.3. The topological polar surface area (TPSA) is 17.3 Å². The van der Waals surface area contributed by atoms with Gasteiger partial charge in [0.15, 0.2) is 0 Å². The quantitative estimate of drug-likeness (QED) is 0.585. The molecule has 0 saturated carbocycles. The molecule has 0 atom stereocenters. The molecular weight excluding hydrogens is 347 g/mol. The maximum Gasteiger partial charge on any atom is 0.137 e. The number of hydrogen-bond donors (Lipinski definition) is 0. The fraction of sp³-hybridized carbons (Fsp3) is 0.0714. The van der Waals surface area contributed by atoms with Gasteiger partial charge in [-0.2, -0.15) is 0 Å². The van der Waals surface area contributed by atoms with Crippen LogP contribution in [0.15, 0.2) is 42.7 Å². The number of fused-ring (bicyclic) bond motifs is 1. The van der Waals surface area contributed by atoms with E-state index in [-0.39, 0.29) is 17.0 Å². The van der Waals surface area contributed by atoms with Crippen molar-refractivity contribution in [2.75, 3.05) is 0 Å². The minimum atomic E-state index is 0. The lowest BCUT2D eigenvalue weighted by Gasteiger charge is -2.00. The summed E-state index contributed by atoms with van der Waals surface area (Å²) in [6.45, 7) is 2.05. The number of rotatable bonds is 1. The Hall–Kier alpha value is -1.03. The highest BCUT2D eigenvalue weighted by molar-refractivity contribution is 8.93. The Morgan fingerprint density at radius 1 is 1.11 bits per heavy atom. The summed E-state index contributed by atoms with van der Waals surface area (Å²) in [7, 11) is 0. The van der Waals surface area contributed by atoms with Crippen LogP contribution in [0.1, 0.15) is 5.56 Å². The molecule has 0 radical (unpaired) electrons. The highest BCUT2D eigenvalue weighted by Crippen LogP contribution is 2.29. The average molecular weight is 358 g/mol. The van der Waals surface area contributed by atoms with Gasteiger partial charge in [0.2, 0.25) is 0 Å². The Bertz CT molecular complexity index is 737. The van der Waals surface area contributed by atoms with E-state index in [9.17, 15) is 0 Å². The summed E-state index contributed by atoms with van der Waals surface area (Å²) in [5, 5.41) is 1.24. The van der Waals surface area contributed by atoms with Crippen molar-refractivity contribution in [2.24, 2.45) is 0 Å². The largest absolute Gasteiger partial charge is 0.306 e. The molecule has 0 spiro atoms. The number of aryl methyl sites for hydroxylation is 1. The molecule has 0 N–H and O–H groups in total. The van der Waals surface area contributed by atoms with Gasteiger partial charge in [0.05, 0.1) is 10.7 Å². The van der Waals surface area contributed by atoms with E-state index in [1.807, 2.05) is 48.0 Å². The molecule has 0 aliphatic heterocycles. The lowest BCUT2D eigenvalue weighted by Crippen LogP contribution is -1.81. The number of benzene rings is 1. The Morgan fingerprint density at radius 2 is 1.89 bits per heavy atom. The van der Waals surface area contributed by atoms with Crippen molar-refractivity contribution >= 4 is 45.8 Å². The lowest BCUT2D eigenvalue weighted by molar-refractivity contribution is 1.17. The predicted octanol–water partition coefficient (Wildman–Crippen LogP) is 5.19. The van der Waals surface area contributed by atoms with Crippen LogP contribution in [0.2, 0.25) is 10.0 Å². The molecule has 1 aromatic carbocycles. The third kappa shape index (κ3) is 2.78. The third-order valence-electron chi connectivity index (χ3n) is 2.82. The standard InChI is InChI=1S/C14H10Cl2N2.BrH/c1-9-4-5-18-8-13(17-14(18)6-9)11-3-2-10(15)7-12(11)16;/h2-8H,1H3;1H. The van der Waals surface area contributed by atoms with Crippen LogP contribution in [0.3, 0.4) is 0 Å². The van der Waals surface area contributed by atoms with E-state index in [4.69, 9.17) is 23.2 Å². The average Bonchev–Trinajstić information content (AvgIpc) is 2.71. The molecule has 0 aliphatic rings. The van der Waals surface area contributed by atoms with Crippen molar-refractivity contribution in [1.82, 2.24) is 9.38 Å². The van der Waals surface area contributed by atoms with E-state index >= 15 is 0 Å². The normalized spacial score (nSPS) is 10.5. The summed E-state index contributed by atoms with van der Waals surface area (Å²) in [4.78, 5) is 4.57. The minimum absolute atomic E-state index is 0. The summed E-state index contributed by atoms with van der Waals surface area (Å²) in [5.41, 5.74) is 3.84. The molecule has 3 aromatic rings. The van der Waals surface area contributed by atoms with Crippen LogP contribution in [0.25, 0.3) is 16.9 Å². The summed E-state index contributed by atoms with van der Waals surface area (Å²) in [6.07, 6.45) is 3.95. The first kappa shape index (κ1) is 14.4. The molecule has 3 rings (SSSR count). The number of hydrogen-bond acceptors (Lipinski definition) is 1. The predicted molar refractivity (Wildman–Crippen MR) is 85.7 cm³/mol. The molecule has 0 bridgehead atoms. The van der Waals surface area contributed by atoms with Crippen LogP contribution in [-0.2, 0) is 0 Å². The second-order valence-corrected chi connectivity index (χ2v) is 5.06. The molecule has 2 heterocycles. The zero-order valence-electron chi connectivity index (χ0n) is 10.1. The number of imidazole rings is 1. The molecule has 0 saturated heterocycles. The third-order valence-corrected chi connectivity index (χ3v) is 3.37. The fourth-order valence-electron chi connectivity index (χ4n) is 1.91. The molecular formula is C14H11BrCl2N2. The summed E-state index contributed by atoms with van der Waals surface area (Å²) in [5.74, 6) is 0. The Kier molecular flexibility index (Phi) is 4.19. The van der Waals surface area contributed by atoms with Crippen LogP contribution in [0.4, 0.5) is 0 Å². The molecule has 2 nitrogen and oxygen atoms in total. The minimum Gasteiger partial charge on any atom is -0.306 e. The van der Waals surface area contributed by atoms with Gasteiger partial charge in [-0.15, -0.1) is 17.0 Å². The van der Waals surface area contributed by atoms with Crippen LogP contribution in [-0.4, -0.2) is 9.38 Å². The van der Waals surface area contributed by atoms with Crippen LogP contribution in [0.5, 0.6) is 0 Å². The Balaban J connectivity index is 0.00000133. The van der Waals surface area contributed by atoms with Crippen molar-refractivity contribution in [3.8, 4) is 11.3 Å². The first-order valence-corrected chi connectivity index (χ1v) is 6.30. The van der Waals surface area contributed by atoms with Gasteiger partial charge >= 0.3 is 0 Å². The zero-order chi connectivity index (χ0) is 12.7. The van der Waals surface area contributed by atoms with Gasteiger partial charge in [0, 0.05) is 23.0 Å². The number of halogens is 3. The van der Waals surface area contributed by atoms with Gasteiger partial charge in [-0.05, 0) is 42.8 Å². The van der Waals surface area contributed by atoms with Gasteiger partial charge in [-0.3, -0.25) is 0 Å². The SMILES string of the molecule is Br.Cc1ccn2cc(-c3ccc(Cl)cc3Cl)nc2c1. The molecule has 19 heavy (non-hydrogen) atoms. The van der Waals surface area contributed by atoms with Crippen LogP contribution in [0, 0.1) is 6.92 Å².